The van der Waals surface area contributed by atoms with Crippen molar-refractivity contribution in [1.82, 2.24) is 14.5 Å². The Labute approximate surface area is 270 Å². The van der Waals surface area contributed by atoms with Crippen molar-refractivity contribution in [3.8, 4) is 0 Å². The van der Waals surface area contributed by atoms with Crippen LogP contribution in [0, 0.1) is 3.57 Å². The van der Waals surface area contributed by atoms with Crippen molar-refractivity contribution in [2.45, 2.75) is 18.0 Å². The molecule has 0 saturated heterocycles. The fourth-order valence-electron chi connectivity index (χ4n) is 6.45. The highest BCUT2D eigenvalue weighted by molar-refractivity contribution is 14.1. The Morgan fingerprint density at radius 3 is 1.55 bits per heavy atom. The number of hydrogen-bond donors (Lipinski definition) is 0. The summed E-state index contributed by atoms with van der Waals surface area (Å²) in [5, 5.41) is 0. The van der Waals surface area contributed by atoms with E-state index in [9.17, 15) is 9.59 Å². The Bertz CT molecular complexity index is 1810. The normalized spacial score (nSPS) is 13.6. The molecule has 0 aliphatic carbocycles. The highest BCUT2D eigenvalue weighted by Crippen LogP contribution is 2.43. The first-order valence-electron chi connectivity index (χ1n) is 14.5. The Hall–Kier alpha value is -4.82. The van der Waals surface area contributed by atoms with Gasteiger partial charge in [-0.2, -0.15) is 0 Å². The topological polar surface area (TPSA) is 55.2 Å². The maximum atomic E-state index is 13.8. The Kier molecular flexibility index (Phi) is 7.44. The minimum Gasteiger partial charge on any atom is -0.316 e. The zero-order valence-corrected chi connectivity index (χ0v) is 25.9. The molecule has 1 unspecified atom stereocenters. The van der Waals surface area contributed by atoms with Gasteiger partial charge < -0.3 is 4.57 Å². The average molecular weight is 686 g/mol. The van der Waals surface area contributed by atoms with Crippen LogP contribution >= 0.6 is 22.6 Å². The summed E-state index contributed by atoms with van der Waals surface area (Å²) in [6.45, 7) is 0. The number of benzene rings is 5. The fraction of sp³-hybridized carbons (Fsp3) is 0.0789. The minimum atomic E-state index is -0.770. The second-order valence-electron chi connectivity index (χ2n) is 10.8. The summed E-state index contributed by atoms with van der Waals surface area (Å²) in [6, 6.07) is 45.8. The SMILES string of the molecule is O=C1c2ccccc2C(=O)N1C(Cc1nccn1C(c1ccccc1)(c1ccccc1)c1ccccc1)c1ccc(I)cc1. The lowest BCUT2D eigenvalue weighted by atomic mass is 9.76. The van der Waals surface area contributed by atoms with Gasteiger partial charge in [-0.05, 0) is 69.1 Å². The summed E-state index contributed by atoms with van der Waals surface area (Å²) in [6.07, 6.45) is 4.15. The summed E-state index contributed by atoms with van der Waals surface area (Å²) in [5.41, 5.74) is 4.19. The zero-order chi connectivity index (χ0) is 30.1. The molecule has 1 aromatic heterocycles. The lowest BCUT2D eigenvalue weighted by molar-refractivity contribution is 0.0579. The molecule has 1 aliphatic heterocycles. The van der Waals surface area contributed by atoms with E-state index in [-0.39, 0.29) is 11.8 Å². The molecule has 0 fully saturated rings. The first-order chi connectivity index (χ1) is 21.6. The highest BCUT2D eigenvalue weighted by Gasteiger charge is 2.43. The van der Waals surface area contributed by atoms with Crippen molar-refractivity contribution < 1.29 is 9.59 Å². The number of hydrogen-bond acceptors (Lipinski definition) is 3. The van der Waals surface area contributed by atoms with E-state index in [0.717, 1.165) is 31.6 Å². The molecule has 5 aromatic carbocycles. The lowest BCUT2D eigenvalue weighted by Gasteiger charge is -2.39. The molecule has 6 heteroatoms. The van der Waals surface area contributed by atoms with Gasteiger partial charge in [-0.15, -0.1) is 0 Å². The van der Waals surface area contributed by atoms with Crippen LogP contribution in [0.15, 0.2) is 152 Å². The van der Waals surface area contributed by atoms with Crippen LogP contribution in [0.25, 0.3) is 0 Å². The van der Waals surface area contributed by atoms with Crippen molar-refractivity contribution in [3.05, 3.63) is 195 Å². The highest BCUT2D eigenvalue weighted by atomic mass is 127. The van der Waals surface area contributed by atoms with Gasteiger partial charge in [0.25, 0.3) is 11.8 Å². The first kappa shape index (κ1) is 28.0. The van der Waals surface area contributed by atoms with E-state index in [1.54, 1.807) is 24.3 Å². The number of halogens is 1. The molecule has 0 saturated carbocycles. The number of rotatable bonds is 8. The average Bonchev–Trinajstić information content (AvgIpc) is 3.64. The predicted octanol–water partition coefficient (Wildman–Crippen LogP) is 7.91. The molecule has 1 aliphatic rings. The van der Waals surface area contributed by atoms with E-state index >= 15 is 0 Å². The molecule has 2 amide bonds. The van der Waals surface area contributed by atoms with Gasteiger partial charge >= 0.3 is 0 Å². The van der Waals surface area contributed by atoms with Crippen LogP contribution < -0.4 is 0 Å². The molecular formula is C38H28IN3O2. The van der Waals surface area contributed by atoms with Crippen LogP contribution in [0.2, 0.25) is 0 Å². The van der Waals surface area contributed by atoms with Crippen LogP contribution in [-0.2, 0) is 12.0 Å². The molecule has 44 heavy (non-hydrogen) atoms. The predicted molar refractivity (Wildman–Crippen MR) is 179 cm³/mol. The molecule has 5 nitrogen and oxygen atoms in total. The number of nitrogens with zero attached hydrogens (tertiary/aromatic N) is 3. The standard InChI is InChI=1S/C38H28IN3O2/c39-31-22-20-27(21-23-31)34(42-36(43)32-18-10-11-19-33(32)37(42)44)26-35-40-24-25-41(35)38(28-12-4-1-5-13-28,29-14-6-2-7-15-29)30-16-8-3-9-17-30/h1-25,34H,26H2. The third-order valence-corrected chi connectivity index (χ3v) is 9.14. The maximum Gasteiger partial charge on any atom is 0.262 e. The molecule has 1 atom stereocenters. The lowest BCUT2D eigenvalue weighted by Crippen LogP contribution is -2.40. The van der Waals surface area contributed by atoms with Crippen LogP contribution in [-0.4, -0.2) is 26.3 Å². The smallest absolute Gasteiger partial charge is 0.262 e. The molecule has 7 rings (SSSR count). The molecule has 0 spiro atoms. The second-order valence-corrected chi connectivity index (χ2v) is 12.1. The number of imide groups is 1. The Morgan fingerprint density at radius 1 is 0.614 bits per heavy atom. The summed E-state index contributed by atoms with van der Waals surface area (Å²) >= 11 is 2.27. The molecule has 0 bridgehead atoms. The van der Waals surface area contributed by atoms with E-state index in [1.807, 2.05) is 54.9 Å². The van der Waals surface area contributed by atoms with Gasteiger partial charge in [0.15, 0.2) is 0 Å². The number of aromatic nitrogens is 2. The Balaban J connectivity index is 1.44. The second kappa shape index (κ2) is 11.7. The summed E-state index contributed by atoms with van der Waals surface area (Å²) in [5.74, 6) is 0.182. The maximum absolute atomic E-state index is 13.8. The van der Waals surface area contributed by atoms with E-state index in [2.05, 4.69) is 100.0 Å². The molecule has 2 heterocycles. The van der Waals surface area contributed by atoms with E-state index in [0.29, 0.717) is 17.5 Å². The zero-order valence-electron chi connectivity index (χ0n) is 23.8. The van der Waals surface area contributed by atoms with Crippen molar-refractivity contribution in [1.29, 1.82) is 0 Å². The Morgan fingerprint density at radius 2 is 1.07 bits per heavy atom. The van der Waals surface area contributed by atoms with Crippen molar-refractivity contribution >= 4 is 34.4 Å². The van der Waals surface area contributed by atoms with Gasteiger partial charge in [0, 0.05) is 22.4 Å². The van der Waals surface area contributed by atoms with Crippen molar-refractivity contribution in [2.75, 3.05) is 0 Å². The molecular weight excluding hydrogens is 657 g/mol. The van der Waals surface area contributed by atoms with Gasteiger partial charge in [0.1, 0.15) is 11.4 Å². The largest absolute Gasteiger partial charge is 0.316 e. The quantitative estimate of drug-likeness (QED) is 0.0931. The summed E-state index contributed by atoms with van der Waals surface area (Å²) < 4.78 is 3.29. The third kappa shape index (κ3) is 4.66. The fourth-order valence-corrected chi connectivity index (χ4v) is 6.81. The van der Waals surface area contributed by atoms with E-state index < -0.39 is 11.6 Å². The third-order valence-electron chi connectivity index (χ3n) is 8.42. The van der Waals surface area contributed by atoms with Crippen LogP contribution in [0.5, 0.6) is 0 Å². The van der Waals surface area contributed by atoms with Crippen LogP contribution in [0.4, 0.5) is 0 Å². The first-order valence-corrected chi connectivity index (χ1v) is 15.6. The van der Waals surface area contributed by atoms with Crippen LogP contribution in [0.3, 0.4) is 0 Å². The van der Waals surface area contributed by atoms with E-state index in [4.69, 9.17) is 4.98 Å². The molecule has 6 aromatic rings. The van der Waals surface area contributed by atoms with Crippen LogP contribution in [0.1, 0.15) is 54.8 Å². The van der Waals surface area contributed by atoms with Gasteiger partial charge in [-0.3, -0.25) is 14.5 Å². The van der Waals surface area contributed by atoms with Gasteiger partial charge in [-0.1, -0.05) is 115 Å². The van der Waals surface area contributed by atoms with Gasteiger partial charge in [0.2, 0.25) is 0 Å². The van der Waals surface area contributed by atoms with E-state index in [1.165, 1.54) is 4.90 Å². The molecule has 214 valence electrons. The summed E-state index contributed by atoms with van der Waals surface area (Å²) in [4.78, 5) is 34.0. The monoisotopic (exact) mass is 685 g/mol. The van der Waals surface area contributed by atoms with Gasteiger partial charge in [-0.25, -0.2) is 4.98 Å². The number of amides is 2. The molecule has 0 radical (unpaired) electrons. The number of carbonyl (C=O) groups excluding carboxylic acids is 2. The van der Waals surface area contributed by atoms with Crippen molar-refractivity contribution in [3.63, 3.8) is 0 Å². The number of fused-ring (bicyclic) bond motifs is 1. The minimum absolute atomic E-state index is 0.285. The molecule has 0 N–H and O–H groups in total. The van der Waals surface area contributed by atoms with Gasteiger partial charge in [0.05, 0.1) is 17.2 Å². The van der Waals surface area contributed by atoms with Crippen molar-refractivity contribution in [2.24, 2.45) is 0 Å². The summed E-state index contributed by atoms with van der Waals surface area (Å²) in [7, 11) is 0. The number of carbonyl (C=O) groups is 2. The number of imidazole rings is 1.